The monoisotopic (exact) mass is 281 g/mol. The summed E-state index contributed by atoms with van der Waals surface area (Å²) in [6, 6.07) is 17.8. The minimum absolute atomic E-state index is 0.123. The molecule has 0 aromatic heterocycles. The van der Waals surface area contributed by atoms with E-state index in [1.54, 1.807) is 11.8 Å². The number of nitrogens with zero attached hydrogens (tertiary/aromatic N) is 1. The number of benzene rings is 2. The minimum atomic E-state index is 0.123. The van der Waals surface area contributed by atoms with Crippen molar-refractivity contribution in [2.45, 2.75) is 4.90 Å². The fraction of sp³-hybridized carbons (Fsp3) is 0.118. The molecule has 0 amide bonds. The molecule has 20 heavy (non-hydrogen) atoms. The number of hydrogen-bond donors (Lipinski definition) is 0. The van der Waals surface area contributed by atoms with Crippen LogP contribution in [0.4, 0.5) is 0 Å². The van der Waals surface area contributed by atoms with Gasteiger partial charge in [0.15, 0.2) is 0 Å². The predicted octanol–water partition coefficient (Wildman–Crippen LogP) is 3.91. The van der Waals surface area contributed by atoms with Crippen LogP contribution in [0.25, 0.3) is 5.70 Å². The third kappa shape index (κ3) is 2.14. The lowest BCUT2D eigenvalue weighted by atomic mass is 10.1. The summed E-state index contributed by atoms with van der Waals surface area (Å²) in [7, 11) is 3.96. The van der Waals surface area contributed by atoms with Crippen LogP contribution in [0.15, 0.2) is 64.4 Å². The largest absolute Gasteiger partial charge is 0.376 e. The Balaban J connectivity index is 2.16. The van der Waals surface area contributed by atoms with Crippen LogP contribution in [0.5, 0.6) is 0 Å². The number of carbonyl (C=O) groups is 1. The highest BCUT2D eigenvalue weighted by molar-refractivity contribution is 8.05. The van der Waals surface area contributed by atoms with Crippen molar-refractivity contribution in [1.82, 2.24) is 4.90 Å². The summed E-state index contributed by atoms with van der Waals surface area (Å²) in [6.07, 6.45) is 0. The number of carbonyl (C=O) groups excluding carboxylic acids is 1. The first kappa shape index (κ1) is 13.0. The van der Waals surface area contributed by atoms with E-state index in [0.717, 1.165) is 26.6 Å². The molecule has 100 valence electrons. The molecular weight excluding hydrogens is 266 g/mol. The number of allylic oxidation sites excluding steroid dienone is 1. The number of thioether (sulfide) groups is 1. The molecule has 0 fully saturated rings. The van der Waals surface area contributed by atoms with Gasteiger partial charge in [-0.15, -0.1) is 0 Å². The van der Waals surface area contributed by atoms with Gasteiger partial charge in [0, 0.05) is 24.6 Å². The van der Waals surface area contributed by atoms with Gasteiger partial charge in [0.25, 0.3) is 0 Å². The molecule has 0 bridgehead atoms. The second-order valence-electron chi connectivity index (χ2n) is 4.87. The lowest BCUT2D eigenvalue weighted by Crippen LogP contribution is -2.13. The normalized spacial score (nSPS) is 16.0. The van der Waals surface area contributed by atoms with E-state index in [1.807, 2.05) is 73.6 Å². The second kappa shape index (κ2) is 5.17. The van der Waals surface area contributed by atoms with Gasteiger partial charge in [0.1, 0.15) is 0 Å². The van der Waals surface area contributed by atoms with E-state index >= 15 is 0 Å². The van der Waals surface area contributed by atoms with E-state index in [4.69, 9.17) is 0 Å². The molecule has 0 saturated carbocycles. The fourth-order valence-electron chi connectivity index (χ4n) is 2.37. The average Bonchev–Trinajstić information content (AvgIpc) is 2.78. The Morgan fingerprint density at radius 1 is 0.950 bits per heavy atom. The minimum Gasteiger partial charge on any atom is -0.376 e. The molecule has 3 heteroatoms. The van der Waals surface area contributed by atoms with Crippen LogP contribution >= 0.6 is 11.8 Å². The molecule has 0 aliphatic carbocycles. The van der Waals surface area contributed by atoms with Crippen molar-refractivity contribution in [3.8, 4) is 0 Å². The summed E-state index contributed by atoms with van der Waals surface area (Å²) < 4.78 is 0. The molecule has 2 aromatic rings. The third-order valence-corrected chi connectivity index (χ3v) is 4.42. The molecule has 1 aliphatic rings. The highest BCUT2D eigenvalue weighted by Crippen LogP contribution is 2.43. The van der Waals surface area contributed by atoms with Crippen molar-refractivity contribution >= 4 is 23.2 Å². The maximum absolute atomic E-state index is 12.6. The predicted molar refractivity (Wildman–Crippen MR) is 83.7 cm³/mol. The van der Waals surface area contributed by atoms with Crippen LogP contribution in [0.1, 0.15) is 15.9 Å². The Hall–Kier alpha value is -2.00. The first-order valence-electron chi connectivity index (χ1n) is 6.47. The lowest BCUT2D eigenvalue weighted by molar-refractivity contribution is 0.104. The van der Waals surface area contributed by atoms with E-state index < -0.39 is 0 Å². The summed E-state index contributed by atoms with van der Waals surface area (Å²) in [5.74, 6) is 0.123. The second-order valence-corrected chi connectivity index (χ2v) is 5.92. The Kier molecular flexibility index (Phi) is 3.36. The average molecular weight is 281 g/mol. The van der Waals surface area contributed by atoms with Gasteiger partial charge in [-0.25, -0.2) is 0 Å². The van der Waals surface area contributed by atoms with Gasteiger partial charge in [0.2, 0.25) is 5.78 Å². The third-order valence-electron chi connectivity index (χ3n) is 3.26. The first-order valence-corrected chi connectivity index (χ1v) is 7.28. The maximum atomic E-state index is 12.6. The number of hydrogen-bond acceptors (Lipinski definition) is 3. The van der Waals surface area contributed by atoms with E-state index in [0.29, 0.717) is 0 Å². The van der Waals surface area contributed by atoms with Crippen molar-refractivity contribution in [3.63, 3.8) is 0 Å². The standard InChI is InChI=1S/C17H15NOS/c1-18(2)15(12-8-4-3-5-9-12)17-16(19)13-10-6-7-11-14(13)20-17/h3-11H,1-2H3. The van der Waals surface area contributed by atoms with Crippen LogP contribution in [0, 0.1) is 0 Å². The molecule has 0 radical (unpaired) electrons. The summed E-state index contributed by atoms with van der Waals surface area (Å²) in [4.78, 5) is 16.5. The molecule has 0 unspecified atom stereocenters. The smallest absolute Gasteiger partial charge is 0.202 e. The quantitative estimate of drug-likeness (QED) is 0.779. The van der Waals surface area contributed by atoms with Crippen molar-refractivity contribution in [2.75, 3.05) is 14.1 Å². The SMILES string of the molecule is CN(C)C(=C1Sc2ccccc2C1=O)c1ccccc1. The van der Waals surface area contributed by atoms with E-state index in [2.05, 4.69) is 0 Å². The highest BCUT2D eigenvalue weighted by Gasteiger charge is 2.29. The van der Waals surface area contributed by atoms with Gasteiger partial charge in [-0.05, 0) is 17.7 Å². The van der Waals surface area contributed by atoms with Crippen LogP contribution in [0.2, 0.25) is 0 Å². The van der Waals surface area contributed by atoms with Gasteiger partial charge in [-0.1, -0.05) is 54.2 Å². The zero-order chi connectivity index (χ0) is 14.1. The van der Waals surface area contributed by atoms with E-state index in [9.17, 15) is 4.79 Å². The van der Waals surface area contributed by atoms with Crippen molar-refractivity contribution < 1.29 is 4.79 Å². The number of ketones is 1. The summed E-state index contributed by atoms with van der Waals surface area (Å²) >= 11 is 1.56. The molecule has 3 rings (SSSR count). The Bertz CT molecular complexity index is 689. The van der Waals surface area contributed by atoms with Gasteiger partial charge in [0.05, 0.1) is 10.6 Å². The van der Waals surface area contributed by atoms with Crippen molar-refractivity contribution in [1.29, 1.82) is 0 Å². The van der Waals surface area contributed by atoms with E-state index in [-0.39, 0.29) is 5.78 Å². The lowest BCUT2D eigenvalue weighted by Gasteiger charge is -2.19. The molecule has 1 heterocycles. The molecule has 2 aromatic carbocycles. The fourth-order valence-corrected chi connectivity index (χ4v) is 3.60. The molecule has 0 saturated heterocycles. The van der Waals surface area contributed by atoms with Gasteiger partial charge in [-0.3, -0.25) is 4.79 Å². The number of rotatable bonds is 2. The molecule has 0 spiro atoms. The Morgan fingerprint density at radius 3 is 2.25 bits per heavy atom. The summed E-state index contributed by atoms with van der Waals surface area (Å²) in [6.45, 7) is 0. The Morgan fingerprint density at radius 2 is 1.60 bits per heavy atom. The Labute approximate surface area is 123 Å². The van der Waals surface area contributed by atoms with Gasteiger partial charge in [-0.2, -0.15) is 0 Å². The zero-order valence-corrected chi connectivity index (χ0v) is 12.3. The molecule has 2 nitrogen and oxygen atoms in total. The van der Waals surface area contributed by atoms with E-state index in [1.165, 1.54) is 0 Å². The number of Topliss-reactive ketones (excluding diaryl/α,β-unsaturated/α-hetero) is 1. The zero-order valence-electron chi connectivity index (χ0n) is 11.5. The molecule has 0 N–H and O–H groups in total. The van der Waals surface area contributed by atoms with Gasteiger partial charge < -0.3 is 4.90 Å². The van der Waals surface area contributed by atoms with Crippen LogP contribution < -0.4 is 0 Å². The van der Waals surface area contributed by atoms with Gasteiger partial charge >= 0.3 is 0 Å². The maximum Gasteiger partial charge on any atom is 0.202 e. The van der Waals surface area contributed by atoms with Crippen molar-refractivity contribution in [3.05, 3.63) is 70.6 Å². The van der Waals surface area contributed by atoms with Crippen molar-refractivity contribution in [2.24, 2.45) is 0 Å². The topological polar surface area (TPSA) is 20.3 Å². The van der Waals surface area contributed by atoms with Crippen LogP contribution in [-0.4, -0.2) is 24.8 Å². The number of fused-ring (bicyclic) bond motifs is 1. The summed E-state index contributed by atoms with van der Waals surface area (Å²) in [5, 5.41) is 0. The molecule has 0 atom stereocenters. The van der Waals surface area contributed by atoms with Crippen LogP contribution in [-0.2, 0) is 0 Å². The highest BCUT2D eigenvalue weighted by atomic mass is 32.2. The van der Waals surface area contributed by atoms with Crippen LogP contribution in [0.3, 0.4) is 0 Å². The summed E-state index contributed by atoms with van der Waals surface area (Å²) in [5.41, 5.74) is 2.86. The molecule has 1 aliphatic heterocycles. The molecular formula is C17H15NOS. The first-order chi connectivity index (χ1) is 9.68.